The van der Waals surface area contributed by atoms with Gasteiger partial charge in [0.1, 0.15) is 5.75 Å². The second kappa shape index (κ2) is 5.85. The molecule has 0 aromatic heterocycles. The van der Waals surface area contributed by atoms with E-state index in [1.165, 1.54) is 0 Å². The third kappa shape index (κ3) is 3.00. The van der Waals surface area contributed by atoms with Crippen molar-refractivity contribution in [3.8, 4) is 5.75 Å². The molecule has 4 heteroatoms. The van der Waals surface area contributed by atoms with Crippen molar-refractivity contribution in [1.29, 1.82) is 0 Å². The fraction of sp³-hybridized carbons (Fsp3) is 0.538. The molecule has 2 unspecified atom stereocenters. The highest BCUT2D eigenvalue weighted by atomic mass is 79.9. The number of benzene rings is 1. The van der Waals surface area contributed by atoms with Crippen molar-refractivity contribution in [2.24, 2.45) is 5.73 Å². The first-order chi connectivity index (χ1) is 8.22. The van der Waals surface area contributed by atoms with Crippen LogP contribution in [-0.2, 0) is 4.74 Å². The third-order valence-electron chi connectivity index (χ3n) is 3.00. The second-order valence-electron chi connectivity index (χ2n) is 4.19. The van der Waals surface area contributed by atoms with Crippen LogP contribution in [-0.4, -0.2) is 19.3 Å². The number of rotatable bonds is 4. The molecule has 2 N–H and O–H groups in total. The summed E-state index contributed by atoms with van der Waals surface area (Å²) in [7, 11) is 0. The monoisotopic (exact) mass is 299 g/mol. The Balaban J connectivity index is 2.24. The maximum absolute atomic E-state index is 6.27. The lowest BCUT2D eigenvalue weighted by molar-refractivity contribution is 0.0891. The van der Waals surface area contributed by atoms with Gasteiger partial charge in [0.25, 0.3) is 0 Å². The topological polar surface area (TPSA) is 44.5 Å². The van der Waals surface area contributed by atoms with Gasteiger partial charge >= 0.3 is 0 Å². The van der Waals surface area contributed by atoms with Gasteiger partial charge in [-0.15, -0.1) is 0 Å². The summed E-state index contributed by atoms with van der Waals surface area (Å²) < 4.78 is 12.3. The van der Waals surface area contributed by atoms with Crippen molar-refractivity contribution >= 4 is 15.9 Å². The molecule has 0 saturated carbocycles. The van der Waals surface area contributed by atoms with E-state index < -0.39 is 0 Å². The molecule has 2 rings (SSSR count). The van der Waals surface area contributed by atoms with Crippen molar-refractivity contribution in [3.63, 3.8) is 0 Å². The maximum atomic E-state index is 6.27. The highest BCUT2D eigenvalue weighted by Crippen LogP contribution is 2.33. The summed E-state index contributed by atoms with van der Waals surface area (Å²) >= 11 is 3.47. The molecule has 0 radical (unpaired) electrons. The van der Waals surface area contributed by atoms with Crippen molar-refractivity contribution < 1.29 is 9.47 Å². The Bertz CT molecular complexity index is 378. The summed E-state index contributed by atoms with van der Waals surface area (Å²) in [5, 5.41) is 0. The molecule has 1 aromatic carbocycles. The van der Waals surface area contributed by atoms with Crippen LogP contribution in [0.2, 0.25) is 0 Å². The van der Waals surface area contributed by atoms with E-state index in [0.29, 0.717) is 6.61 Å². The lowest BCUT2D eigenvalue weighted by Gasteiger charge is -2.21. The predicted octanol–water partition coefficient (Wildman–Crippen LogP) is 3.03. The molecule has 0 amide bonds. The van der Waals surface area contributed by atoms with E-state index in [-0.39, 0.29) is 12.1 Å². The molecule has 1 aliphatic heterocycles. The maximum Gasteiger partial charge on any atom is 0.124 e. The van der Waals surface area contributed by atoms with Crippen LogP contribution in [0.4, 0.5) is 0 Å². The van der Waals surface area contributed by atoms with Crippen LogP contribution in [0.5, 0.6) is 5.75 Å². The molecular weight excluding hydrogens is 282 g/mol. The fourth-order valence-corrected chi connectivity index (χ4v) is 2.53. The van der Waals surface area contributed by atoms with E-state index in [1.54, 1.807) is 0 Å². The highest BCUT2D eigenvalue weighted by Gasteiger charge is 2.26. The fourth-order valence-electron chi connectivity index (χ4n) is 2.15. The number of halogens is 1. The average molecular weight is 300 g/mol. The molecule has 94 valence electrons. The minimum Gasteiger partial charge on any atom is -0.494 e. The summed E-state index contributed by atoms with van der Waals surface area (Å²) in [6.45, 7) is 3.44. The molecule has 1 aliphatic rings. The Labute approximate surface area is 110 Å². The average Bonchev–Trinajstić information content (AvgIpc) is 2.84. The Morgan fingerprint density at radius 1 is 1.59 bits per heavy atom. The minimum atomic E-state index is -0.114. The molecule has 1 aromatic rings. The summed E-state index contributed by atoms with van der Waals surface area (Å²) in [5.74, 6) is 0.860. The number of hydrogen-bond acceptors (Lipinski definition) is 3. The second-order valence-corrected chi connectivity index (χ2v) is 5.11. The minimum absolute atomic E-state index is 0.114. The van der Waals surface area contributed by atoms with Gasteiger partial charge in [0.05, 0.1) is 18.8 Å². The van der Waals surface area contributed by atoms with E-state index in [2.05, 4.69) is 15.9 Å². The summed E-state index contributed by atoms with van der Waals surface area (Å²) in [6, 6.07) is 5.84. The van der Waals surface area contributed by atoms with E-state index in [1.807, 2.05) is 25.1 Å². The lowest BCUT2D eigenvalue weighted by atomic mass is 9.99. The van der Waals surface area contributed by atoms with Crippen LogP contribution in [0.15, 0.2) is 22.7 Å². The van der Waals surface area contributed by atoms with Gasteiger partial charge in [-0.25, -0.2) is 0 Å². The normalized spacial score (nSPS) is 21.5. The van der Waals surface area contributed by atoms with E-state index in [0.717, 1.165) is 35.2 Å². The van der Waals surface area contributed by atoms with Gasteiger partial charge in [-0.1, -0.05) is 15.9 Å². The van der Waals surface area contributed by atoms with Crippen LogP contribution in [0.25, 0.3) is 0 Å². The molecule has 1 saturated heterocycles. The van der Waals surface area contributed by atoms with Gasteiger partial charge in [-0.05, 0) is 38.0 Å². The molecule has 0 bridgehead atoms. The summed E-state index contributed by atoms with van der Waals surface area (Å²) in [6.07, 6.45) is 2.23. The molecule has 17 heavy (non-hydrogen) atoms. The zero-order chi connectivity index (χ0) is 12.3. The Morgan fingerprint density at radius 2 is 2.41 bits per heavy atom. The van der Waals surface area contributed by atoms with Crippen molar-refractivity contribution in [2.45, 2.75) is 31.9 Å². The van der Waals surface area contributed by atoms with Crippen LogP contribution >= 0.6 is 15.9 Å². The number of nitrogens with two attached hydrogens (primary N) is 1. The predicted molar refractivity (Wildman–Crippen MR) is 71.2 cm³/mol. The zero-order valence-electron chi connectivity index (χ0n) is 9.99. The third-order valence-corrected chi connectivity index (χ3v) is 3.49. The Morgan fingerprint density at radius 3 is 3.06 bits per heavy atom. The highest BCUT2D eigenvalue weighted by molar-refractivity contribution is 9.10. The zero-order valence-corrected chi connectivity index (χ0v) is 11.6. The van der Waals surface area contributed by atoms with Gasteiger partial charge in [-0.2, -0.15) is 0 Å². The van der Waals surface area contributed by atoms with Gasteiger partial charge in [0, 0.05) is 16.6 Å². The van der Waals surface area contributed by atoms with E-state index >= 15 is 0 Å². The molecule has 2 atom stereocenters. The Hall–Kier alpha value is -0.580. The molecule has 0 spiro atoms. The first kappa shape index (κ1) is 12.9. The van der Waals surface area contributed by atoms with Gasteiger partial charge in [0.15, 0.2) is 0 Å². The number of ether oxygens (including phenoxy) is 2. The molecule has 1 heterocycles. The van der Waals surface area contributed by atoms with Crippen molar-refractivity contribution in [1.82, 2.24) is 0 Å². The first-order valence-corrected chi connectivity index (χ1v) is 6.81. The molecular formula is C13H18BrNO2. The van der Waals surface area contributed by atoms with Gasteiger partial charge in [0.2, 0.25) is 0 Å². The molecule has 3 nitrogen and oxygen atoms in total. The number of hydrogen-bond donors (Lipinski definition) is 1. The van der Waals surface area contributed by atoms with E-state index in [4.69, 9.17) is 15.2 Å². The SMILES string of the molecule is CCOc1ccc(Br)cc1C(N)C1CCCO1. The largest absolute Gasteiger partial charge is 0.494 e. The van der Waals surface area contributed by atoms with Gasteiger partial charge < -0.3 is 15.2 Å². The summed E-state index contributed by atoms with van der Waals surface area (Å²) in [5.41, 5.74) is 7.30. The smallest absolute Gasteiger partial charge is 0.124 e. The first-order valence-electron chi connectivity index (χ1n) is 6.01. The molecule has 1 fully saturated rings. The lowest BCUT2D eigenvalue weighted by Crippen LogP contribution is -2.26. The van der Waals surface area contributed by atoms with Crippen LogP contribution < -0.4 is 10.5 Å². The summed E-state index contributed by atoms with van der Waals surface area (Å²) in [4.78, 5) is 0. The van der Waals surface area contributed by atoms with Crippen LogP contribution in [0, 0.1) is 0 Å². The van der Waals surface area contributed by atoms with Crippen molar-refractivity contribution in [2.75, 3.05) is 13.2 Å². The Kier molecular flexibility index (Phi) is 4.42. The quantitative estimate of drug-likeness (QED) is 0.929. The van der Waals surface area contributed by atoms with Crippen LogP contribution in [0.1, 0.15) is 31.4 Å². The van der Waals surface area contributed by atoms with Crippen molar-refractivity contribution in [3.05, 3.63) is 28.2 Å². The standard InChI is InChI=1S/C13H18BrNO2/c1-2-16-11-6-5-9(14)8-10(11)13(15)12-4-3-7-17-12/h5-6,8,12-13H,2-4,7,15H2,1H3. The van der Waals surface area contributed by atoms with Gasteiger partial charge in [-0.3, -0.25) is 0 Å². The molecule has 0 aliphatic carbocycles. The van der Waals surface area contributed by atoms with Crippen LogP contribution in [0.3, 0.4) is 0 Å². The van der Waals surface area contributed by atoms with E-state index in [9.17, 15) is 0 Å².